The van der Waals surface area contributed by atoms with Crippen LogP contribution in [0.2, 0.25) is 5.02 Å². The Hall–Kier alpha value is -2.85. The zero-order valence-electron chi connectivity index (χ0n) is 20.5. The van der Waals surface area contributed by atoms with Crippen molar-refractivity contribution in [3.8, 4) is 5.75 Å². The van der Waals surface area contributed by atoms with Gasteiger partial charge in [0, 0.05) is 12.6 Å². The molecule has 0 heterocycles. The van der Waals surface area contributed by atoms with E-state index in [0.717, 1.165) is 36.2 Å². The molecule has 1 atom stereocenters. The lowest BCUT2D eigenvalue weighted by Gasteiger charge is -2.32. The molecule has 2 amide bonds. The highest BCUT2D eigenvalue weighted by atomic mass is 35.5. The molecule has 1 saturated carbocycles. The van der Waals surface area contributed by atoms with E-state index in [-0.39, 0.29) is 29.2 Å². The summed E-state index contributed by atoms with van der Waals surface area (Å²) in [6.07, 6.45) is 4.81. The van der Waals surface area contributed by atoms with Gasteiger partial charge in [-0.3, -0.25) is 13.9 Å². The van der Waals surface area contributed by atoms with Crippen LogP contribution in [0.4, 0.5) is 10.1 Å². The van der Waals surface area contributed by atoms with Gasteiger partial charge >= 0.3 is 0 Å². The molecule has 0 bridgehead atoms. The van der Waals surface area contributed by atoms with Gasteiger partial charge in [-0.1, -0.05) is 36.6 Å². The largest absolute Gasteiger partial charge is 0.495 e. The minimum Gasteiger partial charge on any atom is -0.495 e. The number of methoxy groups -OCH3 is 1. The maximum atomic E-state index is 13.5. The Balaban J connectivity index is 1.89. The molecular formula is C25H31ClFN3O5S. The van der Waals surface area contributed by atoms with Crippen molar-refractivity contribution < 1.29 is 27.1 Å². The number of rotatable bonds is 10. The van der Waals surface area contributed by atoms with Crippen molar-refractivity contribution in [2.45, 2.75) is 51.2 Å². The number of sulfonamides is 1. The lowest BCUT2D eigenvalue weighted by Crippen LogP contribution is -2.52. The maximum Gasteiger partial charge on any atom is 0.244 e. The van der Waals surface area contributed by atoms with Gasteiger partial charge in [-0.05, 0) is 55.7 Å². The number of anilines is 1. The number of benzene rings is 2. The summed E-state index contributed by atoms with van der Waals surface area (Å²) in [5.41, 5.74) is 0.783. The van der Waals surface area contributed by atoms with E-state index in [9.17, 15) is 22.4 Å². The minimum atomic E-state index is -3.89. The lowest BCUT2D eigenvalue weighted by molar-refractivity contribution is -0.139. The number of ether oxygens (including phenoxy) is 1. The molecule has 0 spiro atoms. The fourth-order valence-electron chi connectivity index (χ4n) is 4.19. The van der Waals surface area contributed by atoms with Crippen LogP contribution in [-0.4, -0.2) is 57.1 Å². The zero-order chi connectivity index (χ0) is 26.5. The van der Waals surface area contributed by atoms with Crippen LogP contribution in [-0.2, 0) is 26.2 Å². The zero-order valence-corrected chi connectivity index (χ0v) is 22.1. The summed E-state index contributed by atoms with van der Waals surface area (Å²) in [7, 11) is -2.46. The van der Waals surface area contributed by atoms with Crippen molar-refractivity contribution in [1.29, 1.82) is 0 Å². The van der Waals surface area contributed by atoms with E-state index in [1.807, 2.05) is 0 Å². The molecular weight excluding hydrogens is 509 g/mol. The van der Waals surface area contributed by atoms with Crippen molar-refractivity contribution >= 4 is 39.1 Å². The van der Waals surface area contributed by atoms with Crippen molar-refractivity contribution in [1.82, 2.24) is 10.2 Å². The molecule has 0 radical (unpaired) electrons. The van der Waals surface area contributed by atoms with Crippen molar-refractivity contribution in [3.63, 3.8) is 0 Å². The smallest absolute Gasteiger partial charge is 0.244 e. The first-order valence-corrected chi connectivity index (χ1v) is 13.9. The van der Waals surface area contributed by atoms with E-state index in [4.69, 9.17) is 16.3 Å². The van der Waals surface area contributed by atoms with Crippen LogP contribution in [0, 0.1) is 5.82 Å². The van der Waals surface area contributed by atoms with Crippen LogP contribution >= 0.6 is 11.6 Å². The average molecular weight is 540 g/mol. The average Bonchev–Trinajstić information content (AvgIpc) is 3.33. The molecule has 0 saturated heterocycles. The second kappa shape index (κ2) is 11.9. The molecule has 1 fully saturated rings. The maximum absolute atomic E-state index is 13.5. The van der Waals surface area contributed by atoms with Crippen LogP contribution in [0.3, 0.4) is 0 Å². The third-order valence-corrected chi connectivity index (χ3v) is 7.67. The van der Waals surface area contributed by atoms with E-state index in [1.54, 1.807) is 6.92 Å². The third-order valence-electron chi connectivity index (χ3n) is 6.24. The van der Waals surface area contributed by atoms with Gasteiger partial charge in [-0.25, -0.2) is 12.8 Å². The Morgan fingerprint density at radius 2 is 1.81 bits per heavy atom. The Kier molecular flexibility index (Phi) is 9.19. The summed E-state index contributed by atoms with van der Waals surface area (Å²) in [5.74, 6) is -0.986. The van der Waals surface area contributed by atoms with Gasteiger partial charge in [0.2, 0.25) is 21.8 Å². The molecule has 0 aliphatic heterocycles. The monoisotopic (exact) mass is 539 g/mol. The second-order valence-corrected chi connectivity index (χ2v) is 11.2. The first kappa shape index (κ1) is 27.7. The fourth-order valence-corrected chi connectivity index (χ4v) is 5.28. The molecule has 8 nitrogen and oxygen atoms in total. The Bertz CT molecular complexity index is 1190. The summed E-state index contributed by atoms with van der Waals surface area (Å²) in [5, 5.41) is 3.17. The molecule has 36 heavy (non-hydrogen) atoms. The van der Waals surface area contributed by atoms with E-state index >= 15 is 0 Å². The SMILES string of the molecule is COc1ccc(N(CC(=O)N(Cc2ccc(F)cc2)[C@@H](C)C(=O)NC2CCCC2)S(C)(=O)=O)cc1Cl. The van der Waals surface area contributed by atoms with E-state index in [1.165, 1.54) is 54.5 Å². The number of carbonyl (C=O) groups is 2. The topological polar surface area (TPSA) is 96.0 Å². The van der Waals surface area contributed by atoms with Crippen molar-refractivity contribution in [2.24, 2.45) is 0 Å². The summed E-state index contributed by atoms with van der Waals surface area (Å²) >= 11 is 6.19. The van der Waals surface area contributed by atoms with E-state index in [0.29, 0.717) is 11.3 Å². The number of hydrogen-bond acceptors (Lipinski definition) is 5. The Morgan fingerprint density at radius 1 is 1.17 bits per heavy atom. The van der Waals surface area contributed by atoms with E-state index in [2.05, 4.69) is 5.32 Å². The van der Waals surface area contributed by atoms with E-state index < -0.39 is 34.3 Å². The molecule has 2 aromatic rings. The van der Waals surface area contributed by atoms with Crippen LogP contribution in [0.25, 0.3) is 0 Å². The molecule has 3 rings (SSSR count). The molecule has 1 aliphatic carbocycles. The Labute approximate surface area is 216 Å². The van der Waals surface area contributed by atoms with Crippen LogP contribution < -0.4 is 14.4 Å². The second-order valence-electron chi connectivity index (χ2n) is 8.90. The van der Waals surface area contributed by atoms with Gasteiger partial charge in [0.25, 0.3) is 0 Å². The molecule has 1 aliphatic rings. The van der Waals surface area contributed by atoms with Crippen LogP contribution in [0.5, 0.6) is 5.75 Å². The summed E-state index contributed by atoms with van der Waals surface area (Å²) < 4.78 is 44.8. The number of carbonyl (C=O) groups excluding carboxylic acids is 2. The molecule has 0 unspecified atom stereocenters. The summed E-state index contributed by atoms with van der Waals surface area (Å²) in [6, 6.07) is 9.14. The minimum absolute atomic E-state index is 0.000657. The first-order valence-electron chi connectivity index (χ1n) is 11.6. The van der Waals surface area contributed by atoms with Crippen molar-refractivity contribution in [2.75, 3.05) is 24.2 Å². The van der Waals surface area contributed by atoms with Gasteiger partial charge in [-0.2, -0.15) is 0 Å². The summed E-state index contributed by atoms with van der Waals surface area (Å²) in [6.45, 7) is 1.05. The first-order chi connectivity index (χ1) is 17.0. The highest BCUT2D eigenvalue weighted by molar-refractivity contribution is 7.92. The normalized spacial score (nSPS) is 14.8. The summed E-state index contributed by atoms with van der Waals surface area (Å²) in [4.78, 5) is 27.9. The molecule has 11 heteroatoms. The van der Waals surface area contributed by atoms with Gasteiger partial charge in [0.1, 0.15) is 24.2 Å². The molecule has 196 valence electrons. The van der Waals surface area contributed by atoms with Gasteiger partial charge in [0.15, 0.2) is 0 Å². The fraction of sp³-hybridized carbons (Fsp3) is 0.440. The quantitative estimate of drug-likeness (QED) is 0.496. The lowest BCUT2D eigenvalue weighted by atomic mass is 10.1. The van der Waals surface area contributed by atoms with Crippen molar-refractivity contribution in [3.05, 3.63) is 58.9 Å². The predicted molar refractivity (Wildman–Crippen MR) is 137 cm³/mol. The number of halogens is 2. The number of amides is 2. The standard InChI is InChI=1S/C25H31ClFN3O5S/c1-17(25(32)28-20-6-4-5-7-20)29(15-18-8-10-19(27)11-9-18)24(31)16-30(36(3,33)34)21-12-13-23(35-2)22(26)14-21/h8-14,17,20H,4-7,15-16H2,1-3H3,(H,28,32)/t17-/m0/s1. The molecule has 2 aromatic carbocycles. The molecule has 0 aromatic heterocycles. The number of nitrogens with zero attached hydrogens (tertiary/aromatic N) is 2. The number of nitrogens with one attached hydrogen (secondary N) is 1. The highest BCUT2D eigenvalue weighted by Gasteiger charge is 2.31. The van der Waals surface area contributed by atoms with Gasteiger partial charge in [-0.15, -0.1) is 0 Å². The van der Waals surface area contributed by atoms with Crippen LogP contribution in [0.15, 0.2) is 42.5 Å². The van der Waals surface area contributed by atoms with Gasteiger partial charge in [0.05, 0.1) is 24.1 Å². The third kappa shape index (κ3) is 7.10. The highest BCUT2D eigenvalue weighted by Crippen LogP contribution is 2.30. The Morgan fingerprint density at radius 3 is 2.36 bits per heavy atom. The number of hydrogen-bond donors (Lipinski definition) is 1. The molecule has 1 N–H and O–H groups in total. The van der Waals surface area contributed by atoms with Gasteiger partial charge < -0.3 is 15.0 Å². The predicted octanol–water partition coefficient (Wildman–Crippen LogP) is 3.73. The van der Waals surface area contributed by atoms with Crippen LogP contribution in [0.1, 0.15) is 38.2 Å².